The van der Waals surface area contributed by atoms with Crippen LogP contribution < -0.4 is 4.72 Å². The SMILES string of the molecule is COC(=O)NS(=O)(=O)N1CCCC1C(=O)OC. The average molecular weight is 266 g/mol. The van der Waals surface area contributed by atoms with Gasteiger partial charge < -0.3 is 9.47 Å². The molecule has 1 aliphatic rings. The van der Waals surface area contributed by atoms with Gasteiger partial charge in [-0.25, -0.2) is 9.52 Å². The van der Waals surface area contributed by atoms with Crippen molar-refractivity contribution < 1.29 is 27.5 Å². The fraction of sp³-hybridized carbons (Fsp3) is 0.750. The zero-order valence-electron chi connectivity index (χ0n) is 9.50. The summed E-state index contributed by atoms with van der Waals surface area (Å²) in [6.07, 6.45) is -0.197. The Bertz CT molecular complexity index is 406. The monoisotopic (exact) mass is 266 g/mol. The number of methoxy groups -OCH3 is 2. The molecule has 0 aromatic heterocycles. The Balaban J connectivity index is 2.83. The number of esters is 1. The number of rotatable bonds is 3. The molecule has 1 N–H and O–H groups in total. The van der Waals surface area contributed by atoms with Crippen molar-refractivity contribution in [1.29, 1.82) is 0 Å². The molecule has 9 heteroatoms. The molecule has 1 saturated heterocycles. The van der Waals surface area contributed by atoms with Crippen LogP contribution in [-0.2, 0) is 24.5 Å². The smallest absolute Gasteiger partial charge is 0.421 e. The molecule has 8 nitrogen and oxygen atoms in total. The average Bonchev–Trinajstić information content (AvgIpc) is 2.76. The van der Waals surface area contributed by atoms with Crippen molar-refractivity contribution in [2.75, 3.05) is 20.8 Å². The minimum Gasteiger partial charge on any atom is -0.468 e. The molecule has 1 heterocycles. The fourth-order valence-corrected chi connectivity index (χ4v) is 2.91. The standard InChI is InChI=1S/C8H14N2O6S/c1-15-7(11)6-4-3-5-10(6)17(13,14)9-8(12)16-2/h6H,3-5H2,1-2H3,(H,9,12). The quantitative estimate of drug-likeness (QED) is 0.673. The predicted molar refractivity (Wildman–Crippen MR) is 56.2 cm³/mol. The molecule has 1 aliphatic heterocycles. The Morgan fingerprint density at radius 3 is 2.47 bits per heavy atom. The number of nitrogens with zero attached hydrogens (tertiary/aromatic N) is 1. The molecule has 1 rings (SSSR count). The van der Waals surface area contributed by atoms with E-state index in [9.17, 15) is 18.0 Å². The third-order valence-corrected chi connectivity index (χ3v) is 3.86. The van der Waals surface area contributed by atoms with Crippen LogP contribution in [0, 0.1) is 0 Å². The Kier molecular flexibility index (Phi) is 4.29. The summed E-state index contributed by atoms with van der Waals surface area (Å²) in [4.78, 5) is 22.2. The topological polar surface area (TPSA) is 102 Å². The summed E-state index contributed by atoms with van der Waals surface area (Å²) in [6.45, 7) is 0.159. The first-order chi connectivity index (χ1) is 7.92. The molecule has 98 valence electrons. The fourth-order valence-electron chi connectivity index (χ4n) is 1.61. The van der Waals surface area contributed by atoms with Crippen LogP contribution in [0.25, 0.3) is 0 Å². The highest BCUT2D eigenvalue weighted by Crippen LogP contribution is 2.21. The molecule has 1 fully saturated rings. The zero-order valence-corrected chi connectivity index (χ0v) is 10.3. The van der Waals surface area contributed by atoms with Gasteiger partial charge in [0.05, 0.1) is 14.2 Å². The number of nitrogens with one attached hydrogen (secondary N) is 1. The number of hydrogen-bond donors (Lipinski definition) is 1. The largest absolute Gasteiger partial charge is 0.468 e. The van der Waals surface area contributed by atoms with Gasteiger partial charge in [0, 0.05) is 6.54 Å². The molecule has 1 atom stereocenters. The second-order valence-electron chi connectivity index (χ2n) is 3.39. The lowest BCUT2D eigenvalue weighted by Crippen LogP contribution is -2.48. The third-order valence-electron chi connectivity index (χ3n) is 2.38. The van der Waals surface area contributed by atoms with Gasteiger partial charge in [-0.05, 0) is 12.8 Å². The van der Waals surface area contributed by atoms with Gasteiger partial charge in [0.1, 0.15) is 6.04 Å². The van der Waals surface area contributed by atoms with Crippen molar-refractivity contribution in [1.82, 2.24) is 9.03 Å². The molecule has 0 saturated carbocycles. The van der Waals surface area contributed by atoms with E-state index >= 15 is 0 Å². The highest BCUT2D eigenvalue weighted by molar-refractivity contribution is 7.87. The Morgan fingerprint density at radius 2 is 1.94 bits per heavy atom. The summed E-state index contributed by atoms with van der Waals surface area (Å²) in [5, 5.41) is 0. The maximum absolute atomic E-state index is 11.7. The van der Waals surface area contributed by atoms with Gasteiger partial charge in [0.15, 0.2) is 0 Å². The van der Waals surface area contributed by atoms with Gasteiger partial charge >= 0.3 is 22.3 Å². The second kappa shape index (κ2) is 5.32. The molecule has 0 aromatic rings. The molecule has 0 radical (unpaired) electrons. The van der Waals surface area contributed by atoms with E-state index in [1.54, 1.807) is 4.72 Å². The first-order valence-corrected chi connectivity index (χ1v) is 6.31. The van der Waals surface area contributed by atoms with Gasteiger partial charge in [-0.15, -0.1) is 0 Å². The van der Waals surface area contributed by atoms with E-state index in [2.05, 4.69) is 9.47 Å². The van der Waals surface area contributed by atoms with E-state index in [1.165, 1.54) is 7.11 Å². The Hall–Kier alpha value is -1.35. The Labute approximate surface area is 99.0 Å². The van der Waals surface area contributed by atoms with Crippen LogP contribution in [0.4, 0.5) is 4.79 Å². The van der Waals surface area contributed by atoms with Gasteiger partial charge in [-0.2, -0.15) is 12.7 Å². The molecular weight excluding hydrogens is 252 g/mol. The van der Waals surface area contributed by atoms with E-state index in [4.69, 9.17) is 0 Å². The molecule has 0 spiro atoms. The van der Waals surface area contributed by atoms with Gasteiger partial charge in [0.25, 0.3) is 0 Å². The predicted octanol–water partition coefficient (Wildman–Crippen LogP) is -0.775. The zero-order chi connectivity index (χ0) is 13.1. The van der Waals surface area contributed by atoms with Crippen molar-refractivity contribution in [3.05, 3.63) is 0 Å². The van der Waals surface area contributed by atoms with E-state index in [0.29, 0.717) is 12.8 Å². The van der Waals surface area contributed by atoms with E-state index < -0.39 is 28.3 Å². The van der Waals surface area contributed by atoms with Crippen LogP contribution in [0.15, 0.2) is 0 Å². The van der Waals surface area contributed by atoms with Gasteiger partial charge in [-0.3, -0.25) is 4.79 Å². The van der Waals surface area contributed by atoms with Gasteiger partial charge in [-0.1, -0.05) is 0 Å². The van der Waals surface area contributed by atoms with Crippen LogP contribution in [0.1, 0.15) is 12.8 Å². The molecule has 0 aromatic carbocycles. The van der Waals surface area contributed by atoms with Gasteiger partial charge in [0.2, 0.25) is 0 Å². The lowest BCUT2D eigenvalue weighted by atomic mass is 10.2. The van der Waals surface area contributed by atoms with Crippen molar-refractivity contribution in [2.45, 2.75) is 18.9 Å². The number of carbonyl (C=O) groups excluding carboxylic acids is 2. The third kappa shape index (κ3) is 3.07. The van der Waals surface area contributed by atoms with Crippen LogP contribution >= 0.6 is 0 Å². The summed E-state index contributed by atoms with van der Waals surface area (Å²) in [5.41, 5.74) is 0. The summed E-state index contributed by atoms with van der Waals surface area (Å²) in [5.74, 6) is -0.641. The summed E-state index contributed by atoms with van der Waals surface area (Å²) in [6, 6.07) is -0.887. The highest BCUT2D eigenvalue weighted by atomic mass is 32.2. The summed E-state index contributed by atoms with van der Waals surface area (Å²) >= 11 is 0. The lowest BCUT2D eigenvalue weighted by Gasteiger charge is -2.21. The van der Waals surface area contributed by atoms with Crippen LogP contribution in [0.3, 0.4) is 0 Å². The molecule has 0 bridgehead atoms. The first-order valence-electron chi connectivity index (χ1n) is 4.87. The maximum Gasteiger partial charge on any atom is 0.421 e. The van der Waals surface area contributed by atoms with E-state index in [1.807, 2.05) is 0 Å². The maximum atomic E-state index is 11.7. The van der Waals surface area contributed by atoms with E-state index in [0.717, 1.165) is 11.4 Å². The normalized spacial score (nSPS) is 20.9. The minimum atomic E-state index is -4.07. The second-order valence-corrected chi connectivity index (χ2v) is 5.01. The molecule has 17 heavy (non-hydrogen) atoms. The summed E-state index contributed by atoms with van der Waals surface area (Å²) in [7, 11) is -1.84. The van der Waals surface area contributed by atoms with Crippen molar-refractivity contribution >= 4 is 22.3 Å². The van der Waals surface area contributed by atoms with E-state index in [-0.39, 0.29) is 6.54 Å². The number of carbonyl (C=O) groups is 2. The van der Waals surface area contributed by atoms with Crippen molar-refractivity contribution in [2.24, 2.45) is 0 Å². The minimum absolute atomic E-state index is 0.159. The molecule has 0 aliphatic carbocycles. The molecular formula is C8H14N2O6S. The van der Waals surface area contributed by atoms with Crippen molar-refractivity contribution in [3.8, 4) is 0 Å². The number of amides is 1. The lowest BCUT2D eigenvalue weighted by molar-refractivity contribution is -0.144. The first kappa shape index (κ1) is 13.7. The summed E-state index contributed by atoms with van der Waals surface area (Å²) < 4.78 is 34.8. The highest BCUT2D eigenvalue weighted by Gasteiger charge is 2.40. The molecule has 1 amide bonds. The van der Waals surface area contributed by atoms with Crippen molar-refractivity contribution in [3.63, 3.8) is 0 Å². The van der Waals surface area contributed by atoms with Crippen LogP contribution in [0.5, 0.6) is 0 Å². The molecule has 1 unspecified atom stereocenters. The number of hydrogen-bond acceptors (Lipinski definition) is 6. The van der Waals surface area contributed by atoms with Crippen LogP contribution in [-0.4, -0.2) is 51.6 Å². The Morgan fingerprint density at radius 1 is 1.29 bits per heavy atom. The number of ether oxygens (including phenoxy) is 2. The van der Waals surface area contributed by atoms with Crippen LogP contribution in [0.2, 0.25) is 0 Å².